The summed E-state index contributed by atoms with van der Waals surface area (Å²) in [6, 6.07) is 15.0. The van der Waals surface area contributed by atoms with Crippen molar-refractivity contribution in [3.05, 3.63) is 71.3 Å². The van der Waals surface area contributed by atoms with Crippen LogP contribution in [-0.2, 0) is 28.1 Å². The van der Waals surface area contributed by atoms with Crippen molar-refractivity contribution < 1.29 is 39.8 Å². The Labute approximate surface area is 252 Å². The summed E-state index contributed by atoms with van der Waals surface area (Å²) in [4.78, 5) is 34.3. The number of rotatable bonds is 14. The van der Waals surface area contributed by atoms with Crippen LogP contribution in [0.15, 0.2) is 48.5 Å². The van der Waals surface area contributed by atoms with E-state index < -0.39 is 17.7 Å². The molecule has 0 aliphatic rings. The van der Waals surface area contributed by atoms with Crippen molar-refractivity contribution >= 4 is 12.1 Å². The van der Waals surface area contributed by atoms with E-state index in [9.17, 15) is 19.8 Å². The molecule has 0 amide bonds. The van der Waals surface area contributed by atoms with Crippen LogP contribution in [0.5, 0.6) is 0 Å². The highest BCUT2D eigenvalue weighted by molar-refractivity contribution is 5.87. The summed E-state index contributed by atoms with van der Waals surface area (Å²) in [6.45, 7) is 5.36. The molecule has 15 nitrogen and oxygen atoms in total. The molecule has 0 bridgehead atoms. The van der Waals surface area contributed by atoms with Gasteiger partial charge in [0, 0.05) is 18.5 Å². The topological polar surface area (TPSA) is 198 Å². The first-order chi connectivity index (χ1) is 21.0. The summed E-state index contributed by atoms with van der Waals surface area (Å²) >= 11 is 0. The molecule has 44 heavy (non-hydrogen) atoms. The van der Waals surface area contributed by atoms with E-state index in [1.807, 2.05) is 49.4 Å². The van der Waals surface area contributed by atoms with Gasteiger partial charge in [0.15, 0.2) is 5.69 Å². The highest BCUT2D eigenvalue weighted by Crippen LogP contribution is 2.31. The lowest BCUT2D eigenvalue weighted by Crippen LogP contribution is -2.22. The van der Waals surface area contributed by atoms with E-state index in [1.54, 1.807) is 10.6 Å². The smallest absolute Gasteiger partial charge is 0.453 e. The second kappa shape index (κ2) is 14.3. The number of imidazole rings is 1. The molecule has 0 aliphatic heterocycles. The fourth-order valence-electron chi connectivity index (χ4n) is 4.60. The Morgan fingerprint density at radius 3 is 2.32 bits per heavy atom. The molecular weight excluding hydrogens is 574 g/mol. The van der Waals surface area contributed by atoms with Gasteiger partial charge < -0.3 is 19.5 Å². The summed E-state index contributed by atoms with van der Waals surface area (Å²) in [5.41, 5.74) is 1.79. The van der Waals surface area contributed by atoms with Crippen LogP contribution < -0.4 is 0 Å². The number of aromatic carboxylic acids is 1. The average Bonchev–Trinajstić information content (AvgIpc) is 3.61. The molecular formula is C29H35N7O8. The molecule has 0 saturated heterocycles. The fraction of sp³-hybridized carbons (Fsp3) is 0.379. The van der Waals surface area contributed by atoms with Gasteiger partial charge in [-0.15, -0.1) is 10.2 Å². The lowest BCUT2D eigenvalue weighted by atomic mass is 9.98. The molecule has 0 fully saturated rings. The molecule has 4 rings (SSSR count). The van der Waals surface area contributed by atoms with E-state index in [0.717, 1.165) is 27.9 Å². The minimum Gasteiger partial charge on any atom is -0.477 e. The van der Waals surface area contributed by atoms with Gasteiger partial charge in [-0.2, -0.15) is 0 Å². The zero-order valence-electron chi connectivity index (χ0n) is 24.6. The van der Waals surface area contributed by atoms with Crippen molar-refractivity contribution in [2.45, 2.75) is 58.6 Å². The fourth-order valence-corrected chi connectivity index (χ4v) is 4.60. The highest BCUT2D eigenvalue weighted by Gasteiger charge is 2.31. The standard InChI is InChI=1S/C29H35N7O8/c1-4-9-23-30-25(29(2,3)40)24(27(37)38)34(23)18-19-12-14-20(15-13-19)21-10-5-6-11-22(21)26-31-33-35(32-26)28(39)43-16-7-8-17-44-36(41)42/h5-6,10-15,40-42H,4,7-9,16-18H2,1-3H3,(H,37,38). The third-order valence-corrected chi connectivity index (χ3v) is 6.62. The Kier molecular flexibility index (Phi) is 10.5. The van der Waals surface area contributed by atoms with Gasteiger partial charge in [-0.05, 0) is 55.0 Å². The van der Waals surface area contributed by atoms with Crippen molar-refractivity contribution in [3.63, 3.8) is 0 Å². The van der Waals surface area contributed by atoms with Gasteiger partial charge in [0.1, 0.15) is 17.1 Å². The Morgan fingerprint density at radius 1 is 1.00 bits per heavy atom. The number of tetrazole rings is 1. The maximum atomic E-state index is 12.4. The van der Waals surface area contributed by atoms with Gasteiger partial charge in [-0.3, -0.25) is 15.3 Å². The van der Waals surface area contributed by atoms with Crippen LogP contribution >= 0.6 is 0 Å². The van der Waals surface area contributed by atoms with Gasteiger partial charge >= 0.3 is 12.1 Å². The minimum absolute atomic E-state index is 0.0307. The third kappa shape index (κ3) is 7.89. The first kappa shape index (κ1) is 32.4. The first-order valence-electron chi connectivity index (χ1n) is 14.0. The van der Waals surface area contributed by atoms with E-state index in [-0.39, 0.29) is 42.4 Å². The van der Waals surface area contributed by atoms with Crippen LogP contribution in [-0.4, -0.2) is 81.1 Å². The maximum Gasteiger partial charge on any atom is 0.453 e. The van der Waals surface area contributed by atoms with Gasteiger partial charge in [0.2, 0.25) is 5.82 Å². The number of aryl methyl sites for hydroxylation is 1. The van der Waals surface area contributed by atoms with Crippen LogP contribution in [0.25, 0.3) is 22.5 Å². The molecule has 15 heteroatoms. The number of unbranched alkanes of at least 4 members (excludes halogenated alkanes) is 1. The number of hydrogen-bond acceptors (Lipinski definition) is 12. The molecule has 0 unspecified atom stereocenters. The van der Waals surface area contributed by atoms with Gasteiger partial charge in [0.05, 0.1) is 18.6 Å². The summed E-state index contributed by atoms with van der Waals surface area (Å²) in [7, 11) is 0. The molecule has 2 heterocycles. The zero-order valence-corrected chi connectivity index (χ0v) is 24.6. The maximum absolute atomic E-state index is 12.4. The molecule has 4 aromatic rings. The predicted molar refractivity (Wildman–Crippen MR) is 154 cm³/mol. The number of nitrogens with zero attached hydrogens (tertiary/aromatic N) is 7. The number of carboxylic acids is 1. The lowest BCUT2D eigenvalue weighted by Gasteiger charge is -2.16. The normalized spacial score (nSPS) is 11.7. The van der Waals surface area contributed by atoms with Gasteiger partial charge in [-0.25, -0.2) is 14.6 Å². The number of ether oxygens (including phenoxy) is 1. The second-order valence-corrected chi connectivity index (χ2v) is 10.5. The summed E-state index contributed by atoms with van der Waals surface area (Å²) in [5.74, 6) is -0.342. The Hall–Kier alpha value is -4.54. The van der Waals surface area contributed by atoms with Crippen molar-refractivity contribution in [1.82, 2.24) is 35.1 Å². The van der Waals surface area contributed by atoms with E-state index >= 15 is 0 Å². The quantitative estimate of drug-likeness (QED) is 0.119. The van der Waals surface area contributed by atoms with Crippen LogP contribution in [0, 0.1) is 0 Å². The summed E-state index contributed by atoms with van der Waals surface area (Å²) in [6.07, 6.45) is 1.34. The third-order valence-electron chi connectivity index (χ3n) is 6.62. The predicted octanol–water partition coefficient (Wildman–Crippen LogP) is 3.91. The van der Waals surface area contributed by atoms with Crippen LogP contribution in [0.3, 0.4) is 0 Å². The minimum atomic E-state index is -1.42. The summed E-state index contributed by atoms with van der Waals surface area (Å²) in [5, 5.41) is 49.2. The Morgan fingerprint density at radius 2 is 1.68 bits per heavy atom. The Bertz CT molecular complexity index is 1580. The largest absolute Gasteiger partial charge is 0.477 e. The molecule has 2 aromatic carbocycles. The van der Waals surface area contributed by atoms with Crippen molar-refractivity contribution in [1.29, 1.82) is 0 Å². The number of carbonyl (C=O) groups excluding carboxylic acids is 1. The van der Waals surface area contributed by atoms with Crippen LogP contribution in [0.4, 0.5) is 4.79 Å². The Balaban J connectivity index is 1.51. The molecule has 0 spiro atoms. The van der Waals surface area contributed by atoms with E-state index in [0.29, 0.717) is 30.7 Å². The first-order valence-corrected chi connectivity index (χ1v) is 14.0. The van der Waals surface area contributed by atoms with E-state index in [4.69, 9.17) is 15.2 Å². The number of carboxylic acid groups (broad SMARTS) is 1. The van der Waals surface area contributed by atoms with E-state index in [1.165, 1.54) is 13.8 Å². The molecule has 0 saturated carbocycles. The van der Waals surface area contributed by atoms with Crippen molar-refractivity contribution in [2.75, 3.05) is 13.2 Å². The molecule has 0 atom stereocenters. The lowest BCUT2D eigenvalue weighted by molar-refractivity contribution is -0.492. The van der Waals surface area contributed by atoms with Crippen molar-refractivity contribution in [3.8, 4) is 22.5 Å². The zero-order chi connectivity index (χ0) is 31.9. The molecule has 0 aliphatic carbocycles. The molecule has 4 N–H and O–H groups in total. The number of carbonyl (C=O) groups is 2. The van der Waals surface area contributed by atoms with Crippen LogP contribution in [0.1, 0.15) is 67.6 Å². The number of aromatic nitrogens is 6. The van der Waals surface area contributed by atoms with Crippen molar-refractivity contribution in [2.24, 2.45) is 0 Å². The van der Waals surface area contributed by atoms with E-state index in [2.05, 4.69) is 25.2 Å². The average molecular weight is 610 g/mol. The molecule has 0 radical (unpaired) electrons. The highest BCUT2D eigenvalue weighted by atomic mass is 17.1. The number of hydrogen-bond donors (Lipinski definition) is 4. The van der Waals surface area contributed by atoms with Crippen LogP contribution in [0.2, 0.25) is 0 Å². The molecule has 2 aromatic heterocycles. The summed E-state index contributed by atoms with van der Waals surface area (Å²) < 4.78 is 6.78. The number of aliphatic hydroxyl groups is 1. The SMILES string of the molecule is CCCc1nc(C(C)(C)O)c(C(=O)O)n1Cc1ccc(-c2ccccc2-c2nnn(C(=O)OCCCCON(O)O)n2)cc1. The molecule has 234 valence electrons. The monoisotopic (exact) mass is 609 g/mol. The van der Waals surface area contributed by atoms with Gasteiger partial charge in [0.25, 0.3) is 0 Å². The number of benzene rings is 2. The second-order valence-electron chi connectivity index (χ2n) is 10.5. The van der Waals surface area contributed by atoms with Gasteiger partial charge in [-0.1, -0.05) is 60.3 Å².